The molecule has 1 heterocycles. The zero-order chi connectivity index (χ0) is 10.4. The van der Waals surface area contributed by atoms with Crippen molar-refractivity contribution in [3.05, 3.63) is 5.28 Å². The predicted molar refractivity (Wildman–Crippen MR) is 59.5 cm³/mol. The molecular weight excluding hydrogens is 220 g/mol. The average Bonchev–Trinajstić information content (AvgIpc) is 2.11. The number of rotatable bonds is 5. The molecule has 0 atom stereocenters. The Labute approximate surface area is 92.7 Å². The van der Waals surface area contributed by atoms with Gasteiger partial charge >= 0.3 is 0 Å². The number of unbranched alkanes of at least 4 members (excludes halogenated alkanes) is 2. The molecule has 1 rings (SSSR count). The lowest BCUT2D eigenvalue weighted by atomic mass is 10.3. The van der Waals surface area contributed by atoms with E-state index in [1.165, 1.54) is 12.8 Å². The van der Waals surface area contributed by atoms with Gasteiger partial charge in [-0.15, -0.1) is 0 Å². The molecule has 0 spiro atoms. The molecule has 0 radical (unpaired) electrons. The minimum Gasteiger partial charge on any atom is -0.368 e. The number of nitrogens with two attached hydrogens (primary N) is 1. The summed E-state index contributed by atoms with van der Waals surface area (Å²) in [6, 6.07) is 0. The zero-order valence-corrected chi connectivity index (χ0v) is 9.61. The van der Waals surface area contributed by atoms with E-state index in [9.17, 15) is 0 Å². The maximum absolute atomic E-state index is 5.63. The van der Waals surface area contributed by atoms with E-state index in [0.717, 1.165) is 12.2 Å². The van der Waals surface area contributed by atoms with Gasteiger partial charge in [-0.25, -0.2) is 0 Å². The number of hydrogen-bond donors (Lipinski definition) is 1. The highest BCUT2D eigenvalue weighted by atomic mass is 35.5. The van der Waals surface area contributed by atoms with Gasteiger partial charge in [0.15, 0.2) is 5.16 Å². The van der Waals surface area contributed by atoms with Gasteiger partial charge in [0.1, 0.15) is 0 Å². The van der Waals surface area contributed by atoms with Gasteiger partial charge in [-0.05, 0) is 18.0 Å². The normalized spacial score (nSPS) is 10.4. The third-order valence-electron chi connectivity index (χ3n) is 1.58. The Bertz CT molecular complexity index is 274. The van der Waals surface area contributed by atoms with Crippen molar-refractivity contribution in [3.8, 4) is 0 Å². The predicted octanol–water partition coefficient (Wildman–Crippen LogP) is 2.39. The summed E-state index contributed by atoms with van der Waals surface area (Å²) >= 11 is 7.20. The minimum atomic E-state index is 0.162. The Hall–Kier alpha value is -0.550. The van der Waals surface area contributed by atoms with E-state index in [4.69, 9.17) is 17.3 Å². The Kier molecular flexibility index (Phi) is 4.97. The van der Waals surface area contributed by atoms with Crippen LogP contribution in [0.4, 0.5) is 5.95 Å². The minimum absolute atomic E-state index is 0.162. The molecule has 6 heteroatoms. The largest absolute Gasteiger partial charge is 0.368 e. The maximum Gasteiger partial charge on any atom is 0.228 e. The Morgan fingerprint density at radius 3 is 2.71 bits per heavy atom. The van der Waals surface area contributed by atoms with E-state index in [2.05, 4.69) is 21.9 Å². The van der Waals surface area contributed by atoms with Crippen molar-refractivity contribution in [3.63, 3.8) is 0 Å². The van der Waals surface area contributed by atoms with Gasteiger partial charge in [0.25, 0.3) is 0 Å². The standard InChI is InChI=1S/C8H13ClN4S/c1-2-3-4-5-14-8-12-6(9)11-7(10)13-8/h2-5H2,1H3,(H2,10,11,12,13). The van der Waals surface area contributed by atoms with E-state index in [1.807, 2.05) is 0 Å². The summed E-state index contributed by atoms with van der Waals surface area (Å²) in [5.41, 5.74) is 5.43. The van der Waals surface area contributed by atoms with Crippen molar-refractivity contribution in [2.75, 3.05) is 11.5 Å². The molecule has 0 amide bonds. The molecule has 14 heavy (non-hydrogen) atoms. The van der Waals surface area contributed by atoms with Gasteiger partial charge in [0.2, 0.25) is 11.2 Å². The van der Waals surface area contributed by atoms with E-state index in [0.29, 0.717) is 5.16 Å². The van der Waals surface area contributed by atoms with Gasteiger partial charge < -0.3 is 5.73 Å². The van der Waals surface area contributed by atoms with Crippen LogP contribution in [-0.2, 0) is 0 Å². The van der Waals surface area contributed by atoms with Gasteiger partial charge in [0, 0.05) is 5.75 Å². The smallest absolute Gasteiger partial charge is 0.228 e. The van der Waals surface area contributed by atoms with Gasteiger partial charge in [-0.2, -0.15) is 15.0 Å². The second-order valence-electron chi connectivity index (χ2n) is 2.80. The van der Waals surface area contributed by atoms with Crippen LogP contribution in [0.5, 0.6) is 0 Å². The van der Waals surface area contributed by atoms with E-state index in [-0.39, 0.29) is 11.2 Å². The number of nitrogens with zero attached hydrogens (tertiary/aromatic N) is 3. The van der Waals surface area contributed by atoms with Crippen LogP contribution >= 0.6 is 23.4 Å². The number of aromatic nitrogens is 3. The number of halogens is 1. The summed E-state index contributed by atoms with van der Waals surface area (Å²) in [6.45, 7) is 2.17. The van der Waals surface area contributed by atoms with Crippen molar-refractivity contribution in [1.82, 2.24) is 15.0 Å². The van der Waals surface area contributed by atoms with Crippen LogP contribution in [0, 0.1) is 0 Å². The number of thioether (sulfide) groups is 1. The van der Waals surface area contributed by atoms with Crippen molar-refractivity contribution >= 4 is 29.3 Å². The van der Waals surface area contributed by atoms with Crippen molar-refractivity contribution in [2.45, 2.75) is 31.3 Å². The molecule has 78 valence electrons. The number of anilines is 1. The summed E-state index contributed by atoms with van der Waals surface area (Å²) in [5, 5.41) is 0.772. The highest BCUT2D eigenvalue weighted by molar-refractivity contribution is 7.99. The van der Waals surface area contributed by atoms with E-state index < -0.39 is 0 Å². The van der Waals surface area contributed by atoms with E-state index in [1.54, 1.807) is 11.8 Å². The Balaban J connectivity index is 2.42. The highest BCUT2D eigenvalue weighted by Gasteiger charge is 2.02. The third kappa shape index (κ3) is 4.11. The van der Waals surface area contributed by atoms with E-state index >= 15 is 0 Å². The zero-order valence-electron chi connectivity index (χ0n) is 8.03. The van der Waals surface area contributed by atoms with Gasteiger partial charge in [0.05, 0.1) is 0 Å². The first kappa shape index (κ1) is 11.5. The average molecular weight is 233 g/mol. The number of hydrogen-bond acceptors (Lipinski definition) is 5. The molecule has 0 saturated carbocycles. The summed E-state index contributed by atoms with van der Waals surface area (Å²) in [6.07, 6.45) is 3.59. The molecule has 0 bridgehead atoms. The quantitative estimate of drug-likeness (QED) is 0.624. The highest BCUT2D eigenvalue weighted by Crippen LogP contribution is 2.17. The van der Waals surface area contributed by atoms with Gasteiger partial charge in [-0.3, -0.25) is 0 Å². The molecule has 0 fully saturated rings. The molecule has 0 aliphatic rings. The van der Waals surface area contributed by atoms with Crippen molar-refractivity contribution in [2.24, 2.45) is 0 Å². The maximum atomic E-state index is 5.63. The Morgan fingerprint density at radius 2 is 2.07 bits per heavy atom. The summed E-state index contributed by atoms with van der Waals surface area (Å²) in [5.74, 6) is 1.18. The van der Waals surface area contributed by atoms with Crippen LogP contribution in [0.25, 0.3) is 0 Å². The molecule has 1 aromatic rings. The molecule has 0 aromatic carbocycles. The van der Waals surface area contributed by atoms with Gasteiger partial charge in [-0.1, -0.05) is 31.5 Å². The molecule has 0 aliphatic heterocycles. The fourth-order valence-corrected chi connectivity index (χ4v) is 1.98. The van der Waals surface area contributed by atoms with Crippen LogP contribution in [0.15, 0.2) is 5.16 Å². The number of nitrogen functional groups attached to an aromatic ring is 1. The van der Waals surface area contributed by atoms with Crippen LogP contribution in [-0.4, -0.2) is 20.7 Å². The van der Waals surface area contributed by atoms with Crippen molar-refractivity contribution in [1.29, 1.82) is 0 Å². The van der Waals surface area contributed by atoms with Crippen molar-refractivity contribution < 1.29 is 0 Å². The van der Waals surface area contributed by atoms with Crippen LogP contribution in [0.1, 0.15) is 26.2 Å². The van der Waals surface area contributed by atoms with Crippen LogP contribution in [0.3, 0.4) is 0 Å². The summed E-state index contributed by atoms with van der Waals surface area (Å²) in [7, 11) is 0. The lowest BCUT2D eigenvalue weighted by Gasteiger charge is -2.00. The fourth-order valence-electron chi connectivity index (χ4n) is 0.927. The first-order valence-electron chi connectivity index (χ1n) is 4.52. The lowest BCUT2D eigenvalue weighted by molar-refractivity contribution is 0.776. The molecule has 1 aromatic heterocycles. The molecule has 0 saturated heterocycles. The lowest BCUT2D eigenvalue weighted by Crippen LogP contribution is -1.99. The topological polar surface area (TPSA) is 64.7 Å². The van der Waals surface area contributed by atoms with Crippen LogP contribution in [0.2, 0.25) is 5.28 Å². The second-order valence-corrected chi connectivity index (χ2v) is 4.20. The first-order valence-corrected chi connectivity index (χ1v) is 5.88. The molecule has 2 N–H and O–H groups in total. The first-order chi connectivity index (χ1) is 6.72. The fraction of sp³-hybridized carbons (Fsp3) is 0.625. The molecule has 0 aliphatic carbocycles. The van der Waals surface area contributed by atoms with Crippen LogP contribution < -0.4 is 5.73 Å². The second kappa shape index (κ2) is 6.03. The molecule has 4 nitrogen and oxygen atoms in total. The third-order valence-corrected chi connectivity index (χ3v) is 2.69. The molecular formula is C8H13ClN4S. The Morgan fingerprint density at radius 1 is 1.29 bits per heavy atom. The SMILES string of the molecule is CCCCCSc1nc(N)nc(Cl)n1. The summed E-state index contributed by atoms with van der Waals surface area (Å²) in [4.78, 5) is 11.6. The summed E-state index contributed by atoms with van der Waals surface area (Å²) < 4.78 is 0. The molecule has 0 unspecified atom stereocenters. The monoisotopic (exact) mass is 232 g/mol.